The van der Waals surface area contributed by atoms with Crippen molar-refractivity contribution < 1.29 is 18.3 Å². The number of H-pyrrole nitrogens is 1. The van der Waals surface area contributed by atoms with Crippen molar-refractivity contribution in [2.45, 2.75) is 23.9 Å². The fourth-order valence-electron chi connectivity index (χ4n) is 2.35. The Morgan fingerprint density at radius 3 is 2.59 bits per heavy atom. The van der Waals surface area contributed by atoms with Crippen molar-refractivity contribution in [1.82, 2.24) is 9.97 Å². The molecular weight excluding hydrogens is 372 g/mol. The van der Waals surface area contributed by atoms with E-state index in [2.05, 4.69) is 20.0 Å². The summed E-state index contributed by atoms with van der Waals surface area (Å²) in [7, 11) is 0. The second-order valence-electron chi connectivity index (χ2n) is 5.59. The number of thioether (sulfide) groups is 1. The van der Waals surface area contributed by atoms with Gasteiger partial charge >= 0.3 is 6.61 Å². The zero-order valence-electron chi connectivity index (χ0n) is 14.4. The Kier molecular flexibility index (Phi) is 6.08. The number of ether oxygens (including phenoxy) is 1. The standard InChI is InChI=1S/C19H17F2N3O2S/c1-12(17(25)23-14-9-5-6-10-16(14)26-18(20)21)27-19-22-11-15(24-19)13-7-3-2-4-8-13/h2-12,18H,1H3,(H,22,24)(H,23,25). The van der Waals surface area contributed by atoms with Crippen molar-refractivity contribution in [1.29, 1.82) is 0 Å². The average molecular weight is 389 g/mol. The molecule has 1 heterocycles. The molecule has 2 aromatic carbocycles. The fourth-order valence-corrected chi connectivity index (χ4v) is 3.13. The van der Waals surface area contributed by atoms with Gasteiger partial charge in [0.1, 0.15) is 5.75 Å². The number of rotatable bonds is 7. The molecular formula is C19H17F2N3O2S. The number of halogens is 2. The lowest BCUT2D eigenvalue weighted by molar-refractivity contribution is -0.115. The molecule has 1 unspecified atom stereocenters. The van der Waals surface area contributed by atoms with Crippen LogP contribution in [-0.4, -0.2) is 27.7 Å². The van der Waals surface area contributed by atoms with E-state index in [0.717, 1.165) is 11.3 Å². The zero-order valence-corrected chi connectivity index (χ0v) is 15.2. The lowest BCUT2D eigenvalue weighted by Crippen LogP contribution is -2.23. The Morgan fingerprint density at radius 2 is 1.85 bits per heavy atom. The maximum absolute atomic E-state index is 12.5. The Balaban J connectivity index is 1.64. The molecule has 140 valence electrons. The molecule has 2 N–H and O–H groups in total. The quantitative estimate of drug-likeness (QED) is 0.570. The molecule has 3 rings (SSSR count). The molecule has 0 aliphatic heterocycles. The third-order valence-corrected chi connectivity index (χ3v) is 4.65. The molecule has 8 heteroatoms. The fraction of sp³-hybridized carbons (Fsp3) is 0.158. The van der Waals surface area contributed by atoms with Crippen molar-refractivity contribution in [2.24, 2.45) is 0 Å². The Hall–Kier alpha value is -2.87. The van der Waals surface area contributed by atoms with Crippen LogP contribution in [0.5, 0.6) is 5.75 Å². The van der Waals surface area contributed by atoms with Crippen LogP contribution in [-0.2, 0) is 4.79 Å². The summed E-state index contributed by atoms with van der Waals surface area (Å²) in [4.78, 5) is 19.9. The van der Waals surface area contributed by atoms with Gasteiger partial charge in [-0.3, -0.25) is 4.79 Å². The van der Waals surface area contributed by atoms with Gasteiger partial charge in [-0.05, 0) is 24.6 Å². The minimum Gasteiger partial charge on any atom is -0.433 e. The van der Waals surface area contributed by atoms with E-state index in [4.69, 9.17) is 0 Å². The van der Waals surface area contributed by atoms with Gasteiger partial charge in [0.15, 0.2) is 5.16 Å². The summed E-state index contributed by atoms with van der Waals surface area (Å²) < 4.78 is 29.4. The number of amides is 1. The van der Waals surface area contributed by atoms with Gasteiger partial charge in [0.2, 0.25) is 5.91 Å². The van der Waals surface area contributed by atoms with Crippen molar-refractivity contribution in [2.75, 3.05) is 5.32 Å². The number of carbonyl (C=O) groups excluding carboxylic acids is 1. The normalized spacial score (nSPS) is 12.0. The van der Waals surface area contributed by atoms with Crippen LogP contribution in [0.25, 0.3) is 11.3 Å². The van der Waals surface area contributed by atoms with E-state index in [1.807, 2.05) is 30.3 Å². The first-order valence-electron chi connectivity index (χ1n) is 8.14. The molecule has 1 atom stereocenters. The van der Waals surface area contributed by atoms with Crippen LogP contribution in [0.2, 0.25) is 0 Å². The third kappa shape index (κ3) is 5.07. The number of hydrogen-bond donors (Lipinski definition) is 2. The molecule has 1 aromatic heterocycles. The predicted molar refractivity (Wildman–Crippen MR) is 101 cm³/mol. The number of nitrogens with zero attached hydrogens (tertiary/aromatic N) is 1. The number of aromatic nitrogens is 2. The molecule has 0 radical (unpaired) electrons. The van der Waals surface area contributed by atoms with E-state index in [1.54, 1.807) is 25.3 Å². The van der Waals surface area contributed by atoms with Crippen LogP contribution in [0.4, 0.5) is 14.5 Å². The van der Waals surface area contributed by atoms with Crippen LogP contribution in [0.1, 0.15) is 6.92 Å². The first kappa shape index (κ1) is 18.9. The van der Waals surface area contributed by atoms with Gasteiger partial charge in [0, 0.05) is 0 Å². The van der Waals surface area contributed by atoms with Crippen LogP contribution in [0.15, 0.2) is 66.0 Å². The van der Waals surface area contributed by atoms with Crippen LogP contribution in [0.3, 0.4) is 0 Å². The van der Waals surface area contributed by atoms with E-state index in [0.29, 0.717) is 5.16 Å². The molecule has 27 heavy (non-hydrogen) atoms. The lowest BCUT2D eigenvalue weighted by Gasteiger charge is -2.14. The number of para-hydroxylation sites is 2. The molecule has 1 amide bonds. The van der Waals surface area contributed by atoms with Crippen molar-refractivity contribution in [3.63, 3.8) is 0 Å². The van der Waals surface area contributed by atoms with E-state index >= 15 is 0 Å². The zero-order chi connectivity index (χ0) is 19.2. The Labute approximate surface area is 159 Å². The highest BCUT2D eigenvalue weighted by molar-refractivity contribution is 8.00. The summed E-state index contributed by atoms with van der Waals surface area (Å²) in [5.74, 6) is -0.426. The SMILES string of the molecule is CC(Sc1ncc(-c2ccccc2)[nH]1)C(=O)Nc1ccccc1OC(F)F. The Bertz CT molecular complexity index is 903. The summed E-state index contributed by atoms with van der Waals surface area (Å²) in [6.45, 7) is -1.25. The molecule has 0 aliphatic carbocycles. The van der Waals surface area contributed by atoms with Gasteiger partial charge in [-0.1, -0.05) is 54.2 Å². The van der Waals surface area contributed by atoms with Crippen LogP contribution < -0.4 is 10.1 Å². The van der Waals surface area contributed by atoms with Crippen molar-refractivity contribution in [3.8, 4) is 17.0 Å². The van der Waals surface area contributed by atoms with Gasteiger partial charge < -0.3 is 15.0 Å². The third-order valence-electron chi connectivity index (χ3n) is 3.66. The number of aromatic amines is 1. The van der Waals surface area contributed by atoms with Crippen LogP contribution >= 0.6 is 11.8 Å². The average Bonchev–Trinajstić information content (AvgIpc) is 3.12. The highest BCUT2D eigenvalue weighted by Crippen LogP contribution is 2.28. The van der Waals surface area contributed by atoms with Crippen molar-refractivity contribution >= 4 is 23.4 Å². The maximum atomic E-state index is 12.5. The van der Waals surface area contributed by atoms with Gasteiger partial charge in [-0.15, -0.1) is 0 Å². The van der Waals surface area contributed by atoms with E-state index < -0.39 is 11.9 Å². The molecule has 0 aliphatic rings. The van der Waals surface area contributed by atoms with Gasteiger partial charge in [0.05, 0.1) is 22.8 Å². The summed E-state index contributed by atoms with van der Waals surface area (Å²) >= 11 is 1.24. The number of benzene rings is 2. The van der Waals surface area contributed by atoms with E-state index in [9.17, 15) is 13.6 Å². The lowest BCUT2D eigenvalue weighted by atomic mass is 10.2. The van der Waals surface area contributed by atoms with E-state index in [-0.39, 0.29) is 17.3 Å². The largest absolute Gasteiger partial charge is 0.433 e. The Morgan fingerprint density at radius 1 is 1.15 bits per heavy atom. The second-order valence-corrected chi connectivity index (χ2v) is 6.92. The molecule has 0 saturated heterocycles. The number of imidazole rings is 1. The minimum atomic E-state index is -2.96. The second kappa shape index (κ2) is 8.68. The molecule has 0 spiro atoms. The van der Waals surface area contributed by atoms with Crippen LogP contribution in [0, 0.1) is 0 Å². The molecule has 5 nitrogen and oxygen atoms in total. The summed E-state index contributed by atoms with van der Waals surface area (Å²) in [5, 5.41) is 2.71. The summed E-state index contributed by atoms with van der Waals surface area (Å²) in [6, 6.07) is 15.8. The summed E-state index contributed by atoms with van der Waals surface area (Å²) in [5.41, 5.74) is 2.04. The van der Waals surface area contributed by atoms with Gasteiger partial charge in [-0.25, -0.2) is 4.98 Å². The smallest absolute Gasteiger partial charge is 0.387 e. The highest BCUT2D eigenvalue weighted by atomic mass is 32.2. The van der Waals surface area contributed by atoms with Gasteiger partial charge in [0.25, 0.3) is 0 Å². The van der Waals surface area contributed by atoms with Gasteiger partial charge in [-0.2, -0.15) is 8.78 Å². The number of nitrogens with one attached hydrogen (secondary N) is 2. The molecule has 3 aromatic rings. The monoisotopic (exact) mass is 389 g/mol. The van der Waals surface area contributed by atoms with E-state index in [1.165, 1.54) is 23.9 Å². The number of anilines is 1. The maximum Gasteiger partial charge on any atom is 0.387 e. The number of hydrogen-bond acceptors (Lipinski definition) is 4. The first-order valence-corrected chi connectivity index (χ1v) is 9.02. The highest BCUT2D eigenvalue weighted by Gasteiger charge is 2.19. The van der Waals surface area contributed by atoms with Crippen molar-refractivity contribution in [3.05, 3.63) is 60.8 Å². The summed E-state index contributed by atoms with van der Waals surface area (Å²) in [6.07, 6.45) is 1.70. The predicted octanol–water partition coefficient (Wildman–Crippen LogP) is 4.80. The first-order chi connectivity index (χ1) is 13.0. The molecule has 0 fully saturated rings. The number of alkyl halides is 2. The molecule has 0 saturated carbocycles. The topological polar surface area (TPSA) is 67.0 Å². The minimum absolute atomic E-state index is 0.0811. The number of carbonyl (C=O) groups is 1. The molecule has 0 bridgehead atoms.